The third-order valence-electron chi connectivity index (χ3n) is 6.63. The molecule has 1 aliphatic rings. The Morgan fingerprint density at radius 2 is 1.89 bits per heavy atom. The number of ether oxygens (including phenoxy) is 1. The monoisotopic (exact) mass is 559 g/mol. The summed E-state index contributed by atoms with van der Waals surface area (Å²) in [7, 11) is 0. The molecule has 2 N–H and O–H groups in total. The van der Waals surface area contributed by atoms with Gasteiger partial charge in [-0.15, -0.1) is 0 Å². The average Bonchev–Trinajstić information content (AvgIpc) is 3.29. The molecular formula is C27H34BrN3O5. The van der Waals surface area contributed by atoms with E-state index in [4.69, 9.17) is 4.74 Å². The number of ketones is 1. The van der Waals surface area contributed by atoms with Crippen LogP contribution in [0.5, 0.6) is 0 Å². The fraction of sp³-hybridized carbons (Fsp3) is 0.444. The van der Waals surface area contributed by atoms with Crippen molar-refractivity contribution in [2.45, 2.75) is 47.1 Å². The Hall–Kier alpha value is -2.91. The quantitative estimate of drug-likeness (QED) is 0.189. The van der Waals surface area contributed by atoms with Crippen molar-refractivity contribution in [2.24, 2.45) is 0 Å². The molecule has 2 heterocycles. The Labute approximate surface area is 220 Å². The van der Waals surface area contributed by atoms with Gasteiger partial charge in [-0.1, -0.05) is 41.9 Å². The Balaban J connectivity index is 2.11. The molecule has 1 saturated heterocycles. The summed E-state index contributed by atoms with van der Waals surface area (Å²) < 4.78 is 5.92. The molecule has 1 atom stereocenters. The first-order chi connectivity index (χ1) is 17.2. The minimum Gasteiger partial charge on any atom is -0.507 e. The highest BCUT2D eigenvalue weighted by Gasteiger charge is 2.46. The lowest BCUT2D eigenvalue weighted by atomic mass is 9.94. The predicted octanol–water partition coefficient (Wildman–Crippen LogP) is 4.72. The first kappa shape index (κ1) is 27.7. The maximum atomic E-state index is 13.3. The lowest BCUT2D eigenvalue weighted by Gasteiger charge is -2.27. The van der Waals surface area contributed by atoms with E-state index in [1.54, 1.807) is 25.7 Å². The maximum absolute atomic E-state index is 13.3. The van der Waals surface area contributed by atoms with Gasteiger partial charge in [0, 0.05) is 22.3 Å². The van der Waals surface area contributed by atoms with E-state index in [-0.39, 0.29) is 23.6 Å². The molecule has 36 heavy (non-hydrogen) atoms. The summed E-state index contributed by atoms with van der Waals surface area (Å²) in [5.74, 6) is -2.22. The normalized spacial score (nSPS) is 17.3. The Bertz CT molecular complexity index is 1180. The van der Waals surface area contributed by atoms with Crippen LogP contribution in [-0.4, -0.2) is 70.3 Å². The number of hydrogen-bond acceptors (Lipinski definition) is 6. The van der Waals surface area contributed by atoms with Gasteiger partial charge in [-0.2, -0.15) is 0 Å². The number of Topliss-reactive ketones (excluding diaryl/α,β-unsaturated/α-hetero) is 1. The fourth-order valence-electron chi connectivity index (χ4n) is 4.79. The first-order valence-electron chi connectivity index (χ1n) is 12.3. The largest absolute Gasteiger partial charge is 0.507 e. The van der Waals surface area contributed by atoms with E-state index >= 15 is 0 Å². The van der Waals surface area contributed by atoms with Gasteiger partial charge in [0.2, 0.25) is 0 Å². The van der Waals surface area contributed by atoms with E-state index in [0.29, 0.717) is 35.3 Å². The number of esters is 1. The second-order valence-electron chi connectivity index (χ2n) is 8.77. The minimum atomic E-state index is -0.751. The van der Waals surface area contributed by atoms with Crippen LogP contribution >= 0.6 is 15.9 Å². The molecule has 1 aromatic carbocycles. The molecule has 0 aliphatic carbocycles. The number of nitrogens with zero attached hydrogens (tertiary/aromatic N) is 2. The van der Waals surface area contributed by atoms with E-state index < -0.39 is 23.7 Å². The van der Waals surface area contributed by atoms with Crippen LogP contribution in [-0.2, 0) is 14.3 Å². The molecule has 1 fully saturated rings. The second-order valence-corrected chi connectivity index (χ2v) is 9.69. The first-order valence-corrected chi connectivity index (χ1v) is 13.1. The number of H-pyrrole nitrogens is 1. The van der Waals surface area contributed by atoms with Crippen molar-refractivity contribution in [1.29, 1.82) is 0 Å². The number of likely N-dealkylation sites (tertiary alicyclic amines) is 1. The van der Waals surface area contributed by atoms with Crippen molar-refractivity contribution >= 4 is 39.3 Å². The van der Waals surface area contributed by atoms with Crippen LogP contribution in [0, 0.1) is 13.8 Å². The highest BCUT2D eigenvalue weighted by Crippen LogP contribution is 2.41. The smallest absolute Gasteiger partial charge is 0.355 e. The Morgan fingerprint density at radius 3 is 2.50 bits per heavy atom. The zero-order valence-electron chi connectivity index (χ0n) is 21.5. The van der Waals surface area contributed by atoms with Gasteiger partial charge < -0.3 is 24.6 Å². The summed E-state index contributed by atoms with van der Waals surface area (Å²) in [4.78, 5) is 45.7. The second kappa shape index (κ2) is 11.9. The number of benzene rings is 1. The number of aliphatic hydroxyl groups excluding tert-OH is 1. The van der Waals surface area contributed by atoms with Gasteiger partial charge in [-0.3, -0.25) is 9.59 Å². The molecule has 0 saturated carbocycles. The van der Waals surface area contributed by atoms with Gasteiger partial charge >= 0.3 is 5.97 Å². The van der Waals surface area contributed by atoms with E-state index in [9.17, 15) is 19.5 Å². The minimum absolute atomic E-state index is 0.0153. The number of aromatic nitrogens is 1. The van der Waals surface area contributed by atoms with Gasteiger partial charge in [-0.05, 0) is 70.1 Å². The number of hydrogen-bond donors (Lipinski definition) is 2. The summed E-state index contributed by atoms with van der Waals surface area (Å²) in [6.07, 6.45) is 0.689. The van der Waals surface area contributed by atoms with Crippen molar-refractivity contribution in [3.8, 4) is 0 Å². The van der Waals surface area contributed by atoms with Crippen LogP contribution < -0.4 is 0 Å². The van der Waals surface area contributed by atoms with E-state index in [1.165, 1.54) is 0 Å². The molecule has 0 bridgehead atoms. The number of halogens is 1. The average molecular weight is 560 g/mol. The number of aryl methyl sites for hydroxylation is 1. The molecule has 0 radical (unpaired) electrons. The molecule has 194 valence electrons. The predicted molar refractivity (Wildman–Crippen MR) is 142 cm³/mol. The topological polar surface area (TPSA) is 103 Å². The molecule has 9 heteroatoms. The molecule has 8 nitrogen and oxygen atoms in total. The van der Waals surface area contributed by atoms with Crippen molar-refractivity contribution in [3.63, 3.8) is 0 Å². The van der Waals surface area contributed by atoms with Gasteiger partial charge in [0.25, 0.3) is 11.7 Å². The lowest BCUT2D eigenvalue weighted by Crippen LogP contribution is -2.33. The molecule has 1 aliphatic heterocycles. The number of nitrogens with one attached hydrogen (secondary N) is 1. The SMILES string of the molecule is CCOC(=O)c1[nH]c(C)c(C(O)=C2C(=O)C(=O)N(CCCN(CC)CC)C2c2cccc(Br)c2)c1C. The van der Waals surface area contributed by atoms with Crippen LogP contribution in [0.2, 0.25) is 0 Å². The van der Waals surface area contributed by atoms with Crippen molar-refractivity contribution < 1.29 is 24.2 Å². The molecule has 2 aromatic rings. The Kier molecular flexibility index (Phi) is 9.13. The fourth-order valence-corrected chi connectivity index (χ4v) is 5.20. The van der Waals surface area contributed by atoms with E-state index in [2.05, 4.69) is 39.7 Å². The van der Waals surface area contributed by atoms with Crippen LogP contribution in [0.4, 0.5) is 0 Å². The van der Waals surface area contributed by atoms with Gasteiger partial charge in [0.05, 0.1) is 18.2 Å². The zero-order valence-corrected chi connectivity index (χ0v) is 23.1. The molecule has 1 aromatic heterocycles. The van der Waals surface area contributed by atoms with Crippen LogP contribution in [0.3, 0.4) is 0 Å². The van der Waals surface area contributed by atoms with Crippen LogP contribution in [0.1, 0.15) is 66.1 Å². The van der Waals surface area contributed by atoms with Crippen molar-refractivity contribution in [3.05, 3.63) is 62.4 Å². The number of carbonyl (C=O) groups excluding carboxylic acids is 3. The number of carbonyl (C=O) groups is 3. The van der Waals surface area contributed by atoms with E-state index in [0.717, 1.165) is 24.1 Å². The third kappa shape index (κ3) is 5.42. The number of aliphatic hydroxyl groups is 1. The van der Waals surface area contributed by atoms with Gasteiger partial charge in [0.15, 0.2) is 0 Å². The summed E-state index contributed by atoms with van der Waals surface area (Å²) in [5.41, 5.74) is 2.24. The third-order valence-corrected chi connectivity index (χ3v) is 7.12. The molecule has 0 spiro atoms. The molecular weight excluding hydrogens is 526 g/mol. The highest BCUT2D eigenvalue weighted by molar-refractivity contribution is 9.10. The number of rotatable bonds is 10. The maximum Gasteiger partial charge on any atom is 0.355 e. The standard InChI is InChI=1S/C27H34BrN3O5/c1-6-30(7-2)13-10-14-31-23(18-11-9-12-19(28)15-18)21(25(33)26(31)34)24(32)20-16(4)22(29-17(20)5)27(35)36-8-3/h9,11-12,15,23,29,32H,6-8,10,13-14H2,1-5H3. The number of amides is 1. The van der Waals surface area contributed by atoms with Crippen LogP contribution in [0.15, 0.2) is 34.3 Å². The molecule has 3 rings (SSSR count). The van der Waals surface area contributed by atoms with Crippen molar-refractivity contribution in [2.75, 3.05) is 32.8 Å². The van der Waals surface area contributed by atoms with E-state index in [1.807, 2.05) is 24.3 Å². The molecule has 1 amide bonds. The van der Waals surface area contributed by atoms with Gasteiger partial charge in [-0.25, -0.2) is 4.79 Å². The summed E-state index contributed by atoms with van der Waals surface area (Å²) in [6, 6.07) is 6.64. The lowest BCUT2D eigenvalue weighted by molar-refractivity contribution is -0.140. The number of aromatic amines is 1. The van der Waals surface area contributed by atoms with Crippen LogP contribution in [0.25, 0.3) is 5.76 Å². The van der Waals surface area contributed by atoms with Crippen molar-refractivity contribution in [1.82, 2.24) is 14.8 Å². The molecule has 1 unspecified atom stereocenters. The highest BCUT2D eigenvalue weighted by atomic mass is 79.9. The summed E-state index contributed by atoms with van der Waals surface area (Å²) in [5, 5.41) is 11.5. The zero-order chi connectivity index (χ0) is 26.6. The summed E-state index contributed by atoms with van der Waals surface area (Å²) >= 11 is 3.48. The summed E-state index contributed by atoms with van der Waals surface area (Å²) in [6.45, 7) is 12.4. The Morgan fingerprint density at radius 1 is 1.19 bits per heavy atom. The van der Waals surface area contributed by atoms with Gasteiger partial charge in [0.1, 0.15) is 11.5 Å².